The monoisotopic (exact) mass is 444 g/mol. The smallest absolute Gasteiger partial charge is 0.326 e. The molecule has 0 unspecified atom stereocenters. The minimum absolute atomic E-state index is 0.0117. The zero-order chi connectivity index (χ0) is 22.9. The molecule has 1 aromatic heterocycles. The number of benzene rings is 1. The molecule has 0 radical (unpaired) electrons. The zero-order valence-electron chi connectivity index (χ0n) is 17.3. The molecule has 0 N–H and O–H groups in total. The van der Waals surface area contributed by atoms with E-state index in [0.717, 1.165) is 10.5 Å². The molecule has 2 aromatic rings. The molecule has 1 fully saturated rings. The highest BCUT2D eigenvalue weighted by molar-refractivity contribution is 8.18. The van der Waals surface area contributed by atoms with Gasteiger partial charge in [-0.15, -0.1) is 0 Å². The van der Waals surface area contributed by atoms with Crippen LogP contribution in [0.25, 0.3) is 17.4 Å². The van der Waals surface area contributed by atoms with Gasteiger partial charge in [0.2, 0.25) is 0 Å². The van der Waals surface area contributed by atoms with Crippen LogP contribution in [0.15, 0.2) is 33.6 Å². The van der Waals surface area contributed by atoms with Crippen molar-refractivity contribution in [1.29, 1.82) is 0 Å². The van der Waals surface area contributed by atoms with Crippen molar-refractivity contribution in [3.63, 3.8) is 0 Å². The topological polar surface area (TPSA) is 120 Å². The number of ether oxygens (including phenoxy) is 1. The van der Waals surface area contributed by atoms with E-state index in [1.165, 1.54) is 12.1 Å². The molecule has 0 bridgehead atoms. The van der Waals surface area contributed by atoms with Gasteiger partial charge in [0.15, 0.2) is 0 Å². The average molecular weight is 444 g/mol. The number of hydrogen-bond acceptors (Lipinski definition) is 8. The van der Waals surface area contributed by atoms with Crippen LogP contribution in [0.1, 0.15) is 30.7 Å². The van der Waals surface area contributed by atoms with Crippen LogP contribution in [-0.4, -0.2) is 39.6 Å². The summed E-state index contributed by atoms with van der Waals surface area (Å²) in [5, 5.41) is 10.7. The van der Waals surface area contributed by atoms with E-state index < -0.39 is 28.6 Å². The molecule has 2 amide bonds. The fraction of sp³-hybridized carbons (Fsp3) is 0.286. The minimum atomic E-state index is -0.671. The van der Waals surface area contributed by atoms with Crippen LogP contribution in [0.3, 0.4) is 0 Å². The van der Waals surface area contributed by atoms with E-state index in [1.54, 1.807) is 45.9 Å². The lowest BCUT2D eigenvalue weighted by atomic mass is 10.0. The molecular weight excluding hydrogens is 424 g/mol. The molecule has 3 rings (SSSR count). The Bertz CT molecular complexity index is 1120. The van der Waals surface area contributed by atoms with Gasteiger partial charge in [-0.1, -0.05) is 0 Å². The largest absolute Gasteiger partial charge is 0.462 e. The molecule has 0 saturated carbocycles. The number of hydrogen-bond donors (Lipinski definition) is 0. The molecule has 1 aliphatic heterocycles. The van der Waals surface area contributed by atoms with E-state index in [-0.39, 0.29) is 16.7 Å². The number of amides is 2. The van der Waals surface area contributed by atoms with Crippen molar-refractivity contribution in [1.82, 2.24) is 4.90 Å². The Balaban J connectivity index is 1.82. The number of aryl methyl sites for hydroxylation is 1. The molecule has 1 aromatic carbocycles. The summed E-state index contributed by atoms with van der Waals surface area (Å²) in [7, 11) is 0. The second-order valence-corrected chi connectivity index (χ2v) is 8.20. The third kappa shape index (κ3) is 4.85. The van der Waals surface area contributed by atoms with Crippen LogP contribution in [0.4, 0.5) is 10.5 Å². The SMILES string of the molecule is Cc1cc(-c2ccc(/C=C3\SC(=O)N(CC(=O)OC(C)C)C3=O)o2)cc([N+](=O)[O-])c1C. The van der Waals surface area contributed by atoms with Gasteiger partial charge in [0.25, 0.3) is 16.8 Å². The van der Waals surface area contributed by atoms with Crippen molar-refractivity contribution in [3.8, 4) is 11.3 Å². The fourth-order valence-electron chi connectivity index (χ4n) is 2.95. The van der Waals surface area contributed by atoms with Crippen LogP contribution in [0, 0.1) is 24.0 Å². The molecule has 0 atom stereocenters. The fourth-order valence-corrected chi connectivity index (χ4v) is 3.77. The van der Waals surface area contributed by atoms with Crippen LogP contribution < -0.4 is 0 Å². The molecule has 0 aliphatic carbocycles. The van der Waals surface area contributed by atoms with Gasteiger partial charge in [-0.25, -0.2) is 0 Å². The highest BCUT2D eigenvalue weighted by Crippen LogP contribution is 2.34. The zero-order valence-corrected chi connectivity index (χ0v) is 18.1. The maximum absolute atomic E-state index is 12.5. The van der Waals surface area contributed by atoms with Crippen LogP contribution in [0.2, 0.25) is 0 Å². The molecule has 2 heterocycles. The van der Waals surface area contributed by atoms with Crippen LogP contribution in [-0.2, 0) is 14.3 Å². The van der Waals surface area contributed by atoms with E-state index in [4.69, 9.17) is 9.15 Å². The first-order chi connectivity index (χ1) is 14.6. The first-order valence-electron chi connectivity index (χ1n) is 9.37. The van der Waals surface area contributed by atoms with Gasteiger partial charge in [-0.3, -0.25) is 29.4 Å². The maximum atomic E-state index is 12.5. The standard InChI is InChI=1S/C21H20N2O7S/c1-11(2)29-19(24)10-22-20(25)18(31-21(22)26)9-15-5-6-17(30-15)14-7-12(3)13(4)16(8-14)23(27)28/h5-9,11H,10H2,1-4H3/b18-9-. The molecule has 10 heteroatoms. The summed E-state index contributed by atoms with van der Waals surface area (Å²) in [4.78, 5) is 48.2. The Morgan fingerprint density at radius 2 is 2.00 bits per heavy atom. The van der Waals surface area contributed by atoms with Crippen molar-refractivity contribution < 1.29 is 28.5 Å². The Labute approximate surface area is 182 Å². The molecule has 1 aliphatic rings. The Morgan fingerprint density at radius 3 is 2.65 bits per heavy atom. The summed E-state index contributed by atoms with van der Waals surface area (Å²) in [6.07, 6.45) is 1.04. The molecule has 0 spiro atoms. The van der Waals surface area contributed by atoms with Crippen molar-refractivity contribution in [2.45, 2.75) is 33.8 Å². The second-order valence-electron chi connectivity index (χ2n) is 7.20. The van der Waals surface area contributed by atoms with E-state index in [9.17, 15) is 24.5 Å². The van der Waals surface area contributed by atoms with Crippen LogP contribution in [0.5, 0.6) is 0 Å². The lowest BCUT2D eigenvalue weighted by Gasteiger charge is -2.13. The third-order valence-electron chi connectivity index (χ3n) is 4.55. The van der Waals surface area contributed by atoms with E-state index in [1.807, 2.05) is 0 Å². The Kier molecular flexibility index (Phi) is 6.30. The predicted octanol–water partition coefficient (Wildman–Crippen LogP) is 4.46. The summed E-state index contributed by atoms with van der Waals surface area (Å²) in [6, 6.07) is 6.43. The third-order valence-corrected chi connectivity index (χ3v) is 5.46. The Morgan fingerprint density at radius 1 is 1.29 bits per heavy atom. The number of rotatable bonds is 6. The number of esters is 1. The van der Waals surface area contributed by atoms with Crippen molar-refractivity contribution in [2.75, 3.05) is 6.54 Å². The van der Waals surface area contributed by atoms with Crippen molar-refractivity contribution in [2.24, 2.45) is 0 Å². The summed E-state index contributed by atoms with van der Waals surface area (Å²) in [5.41, 5.74) is 1.84. The van der Waals surface area contributed by atoms with Crippen molar-refractivity contribution >= 4 is 40.6 Å². The molecule has 9 nitrogen and oxygen atoms in total. The number of nitrogens with zero attached hydrogens (tertiary/aromatic N) is 2. The first-order valence-corrected chi connectivity index (χ1v) is 10.2. The van der Waals surface area contributed by atoms with Crippen LogP contribution >= 0.6 is 11.8 Å². The minimum Gasteiger partial charge on any atom is -0.462 e. The van der Waals surface area contributed by atoms with E-state index >= 15 is 0 Å². The van der Waals surface area contributed by atoms with Gasteiger partial charge in [-0.05, 0) is 63.2 Å². The lowest BCUT2D eigenvalue weighted by molar-refractivity contribution is -0.385. The van der Waals surface area contributed by atoms with Gasteiger partial charge in [0.1, 0.15) is 18.1 Å². The Hall–Kier alpha value is -3.40. The van der Waals surface area contributed by atoms with Gasteiger partial charge < -0.3 is 9.15 Å². The van der Waals surface area contributed by atoms with Gasteiger partial charge >= 0.3 is 5.97 Å². The number of carbonyl (C=O) groups is 3. The number of carbonyl (C=O) groups excluding carboxylic acids is 3. The second kappa shape index (κ2) is 8.76. The average Bonchev–Trinajstić information content (AvgIpc) is 3.23. The molecule has 31 heavy (non-hydrogen) atoms. The number of imide groups is 1. The molecule has 162 valence electrons. The summed E-state index contributed by atoms with van der Waals surface area (Å²) in [6.45, 7) is 6.33. The summed E-state index contributed by atoms with van der Waals surface area (Å²) < 4.78 is 10.7. The molecular formula is C21H20N2O7S. The number of nitro groups is 1. The maximum Gasteiger partial charge on any atom is 0.326 e. The van der Waals surface area contributed by atoms with Gasteiger partial charge in [0, 0.05) is 23.3 Å². The van der Waals surface area contributed by atoms with Gasteiger partial charge in [0.05, 0.1) is 15.9 Å². The quantitative estimate of drug-likeness (QED) is 0.277. The first kappa shape index (κ1) is 22.3. The van der Waals surface area contributed by atoms with E-state index in [0.29, 0.717) is 34.4 Å². The predicted molar refractivity (Wildman–Crippen MR) is 114 cm³/mol. The number of thioether (sulfide) groups is 1. The van der Waals surface area contributed by atoms with E-state index in [2.05, 4.69) is 0 Å². The lowest BCUT2D eigenvalue weighted by Crippen LogP contribution is -2.35. The normalized spacial score (nSPS) is 15.3. The summed E-state index contributed by atoms with van der Waals surface area (Å²) in [5.74, 6) is -0.603. The van der Waals surface area contributed by atoms with Gasteiger partial charge in [-0.2, -0.15) is 0 Å². The molecule has 1 saturated heterocycles. The number of furan rings is 1. The summed E-state index contributed by atoms with van der Waals surface area (Å²) >= 11 is 0.695. The van der Waals surface area contributed by atoms with Crippen molar-refractivity contribution in [3.05, 3.63) is 56.2 Å². The highest BCUT2D eigenvalue weighted by Gasteiger charge is 2.37. The number of nitro benzene ring substituents is 1. The highest BCUT2D eigenvalue weighted by atomic mass is 32.2.